The first kappa shape index (κ1) is 13.4. The maximum absolute atomic E-state index is 12.2. The van der Waals surface area contributed by atoms with Crippen LogP contribution in [0.3, 0.4) is 0 Å². The summed E-state index contributed by atoms with van der Waals surface area (Å²) in [5, 5.41) is 15.1. The number of benzene rings is 1. The molecular formula is C15H17N5O. The van der Waals surface area contributed by atoms with E-state index in [0.29, 0.717) is 12.2 Å². The van der Waals surface area contributed by atoms with E-state index < -0.39 is 0 Å². The number of nitrogens with zero attached hydrogens (tertiary/aromatic N) is 3. The Morgan fingerprint density at radius 2 is 2.10 bits per heavy atom. The van der Waals surface area contributed by atoms with Crippen molar-refractivity contribution in [2.75, 3.05) is 5.32 Å². The van der Waals surface area contributed by atoms with E-state index in [4.69, 9.17) is 0 Å². The van der Waals surface area contributed by atoms with Crippen molar-refractivity contribution < 1.29 is 4.79 Å². The lowest BCUT2D eigenvalue weighted by molar-refractivity contribution is -0.115. The summed E-state index contributed by atoms with van der Waals surface area (Å²) >= 11 is 0. The summed E-state index contributed by atoms with van der Waals surface area (Å²) in [7, 11) is 1.88. The van der Waals surface area contributed by atoms with Gasteiger partial charge in [0, 0.05) is 23.7 Å². The molecule has 3 aromatic rings. The van der Waals surface area contributed by atoms with Gasteiger partial charge >= 0.3 is 0 Å². The van der Waals surface area contributed by atoms with E-state index in [9.17, 15) is 4.79 Å². The smallest absolute Gasteiger partial charge is 0.230 e. The van der Waals surface area contributed by atoms with Crippen molar-refractivity contribution in [2.45, 2.75) is 20.3 Å². The average Bonchev–Trinajstić information content (AvgIpc) is 2.96. The highest BCUT2D eigenvalue weighted by atomic mass is 16.1. The molecule has 0 aliphatic rings. The number of amides is 1. The molecule has 108 valence electrons. The molecule has 0 spiro atoms. The second-order valence-corrected chi connectivity index (χ2v) is 5.12. The first-order valence-electron chi connectivity index (χ1n) is 6.78. The standard InChI is InChI=1S/C15H17N5O/c1-9-12(10(2)20(3)19-9)8-14(21)16-15-11-6-4-5-7-13(11)17-18-15/h4-7H,8H2,1-3H3,(H2,16,17,18,21). The topological polar surface area (TPSA) is 75.6 Å². The zero-order valence-electron chi connectivity index (χ0n) is 12.3. The highest BCUT2D eigenvalue weighted by molar-refractivity contribution is 6.00. The minimum Gasteiger partial charge on any atom is -0.308 e. The molecule has 0 unspecified atom stereocenters. The van der Waals surface area contributed by atoms with Crippen molar-refractivity contribution in [3.63, 3.8) is 0 Å². The van der Waals surface area contributed by atoms with E-state index >= 15 is 0 Å². The lowest BCUT2D eigenvalue weighted by atomic mass is 10.1. The van der Waals surface area contributed by atoms with Gasteiger partial charge in [0.05, 0.1) is 17.6 Å². The number of hydrogen-bond donors (Lipinski definition) is 2. The van der Waals surface area contributed by atoms with E-state index in [2.05, 4.69) is 20.6 Å². The Hall–Kier alpha value is -2.63. The summed E-state index contributed by atoms with van der Waals surface area (Å²) in [6, 6.07) is 7.69. The lowest BCUT2D eigenvalue weighted by Crippen LogP contribution is -2.15. The highest BCUT2D eigenvalue weighted by Crippen LogP contribution is 2.20. The van der Waals surface area contributed by atoms with Crippen molar-refractivity contribution in [3.05, 3.63) is 41.2 Å². The van der Waals surface area contributed by atoms with Gasteiger partial charge in [-0.2, -0.15) is 10.2 Å². The van der Waals surface area contributed by atoms with E-state index in [1.165, 1.54) is 0 Å². The molecule has 21 heavy (non-hydrogen) atoms. The van der Waals surface area contributed by atoms with Gasteiger partial charge in [0.2, 0.25) is 5.91 Å². The molecule has 2 N–H and O–H groups in total. The Labute approximate surface area is 122 Å². The fraction of sp³-hybridized carbons (Fsp3) is 0.267. The van der Waals surface area contributed by atoms with Crippen LogP contribution < -0.4 is 5.32 Å². The van der Waals surface area contributed by atoms with Gasteiger partial charge in [-0.05, 0) is 26.0 Å². The van der Waals surface area contributed by atoms with E-state index in [0.717, 1.165) is 27.9 Å². The molecule has 0 aliphatic carbocycles. The predicted octanol–water partition coefficient (Wildman–Crippen LogP) is 2.09. The molecule has 6 heteroatoms. The van der Waals surface area contributed by atoms with Crippen molar-refractivity contribution in [1.82, 2.24) is 20.0 Å². The van der Waals surface area contributed by atoms with E-state index in [1.807, 2.05) is 45.2 Å². The van der Waals surface area contributed by atoms with Crippen LogP contribution in [0.1, 0.15) is 17.0 Å². The van der Waals surface area contributed by atoms with E-state index in [1.54, 1.807) is 4.68 Å². The van der Waals surface area contributed by atoms with E-state index in [-0.39, 0.29) is 5.91 Å². The molecule has 6 nitrogen and oxygen atoms in total. The van der Waals surface area contributed by atoms with Crippen LogP contribution in [0.2, 0.25) is 0 Å². The van der Waals surface area contributed by atoms with Gasteiger partial charge in [0.15, 0.2) is 5.82 Å². The Bertz CT molecular complexity index is 815. The maximum atomic E-state index is 12.2. The number of fused-ring (bicyclic) bond motifs is 1. The summed E-state index contributed by atoms with van der Waals surface area (Å²) in [4.78, 5) is 12.2. The van der Waals surface area contributed by atoms with Crippen LogP contribution in [-0.4, -0.2) is 25.9 Å². The Kier molecular flexibility index (Phi) is 3.21. The number of carbonyl (C=O) groups is 1. The fourth-order valence-electron chi connectivity index (χ4n) is 2.47. The number of aryl methyl sites for hydroxylation is 2. The van der Waals surface area contributed by atoms with Crippen molar-refractivity contribution in [1.29, 1.82) is 0 Å². The van der Waals surface area contributed by atoms with Crippen molar-refractivity contribution >= 4 is 22.6 Å². The van der Waals surface area contributed by atoms with Crippen LogP contribution >= 0.6 is 0 Å². The predicted molar refractivity (Wildman–Crippen MR) is 81.1 cm³/mol. The number of H-pyrrole nitrogens is 1. The Balaban J connectivity index is 1.81. The third-order valence-electron chi connectivity index (χ3n) is 3.72. The maximum Gasteiger partial charge on any atom is 0.230 e. The molecule has 0 atom stereocenters. The minimum atomic E-state index is -0.0912. The summed E-state index contributed by atoms with van der Waals surface area (Å²) in [6.07, 6.45) is 0.298. The lowest BCUT2D eigenvalue weighted by Gasteiger charge is -2.03. The number of anilines is 1. The third-order valence-corrected chi connectivity index (χ3v) is 3.72. The highest BCUT2D eigenvalue weighted by Gasteiger charge is 2.15. The van der Waals surface area contributed by atoms with Gasteiger partial charge in [0.25, 0.3) is 0 Å². The van der Waals surface area contributed by atoms with Crippen LogP contribution in [0.4, 0.5) is 5.82 Å². The molecule has 0 saturated carbocycles. The van der Waals surface area contributed by atoms with Crippen molar-refractivity contribution in [3.8, 4) is 0 Å². The van der Waals surface area contributed by atoms with Gasteiger partial charge in [-0.3, -0.25) is 14.6 Å². The number of carbonyl (C=O) groups excluding carboxylic acids is 1. The first-order valence-corrected chi connectivity index (χ1v) is 6.78. The second-order valence-electron chi connectivity index (χ2n) is 5.12. The third kappa shape index (κ3) is 2.40. The Morgan fingerprint density at radius 1 is 1.33 bits per heavy atom. The zero-order chi connectivity index (χ0) is 15.0. The number of aromatic amines is 1. The molecular weight excluding hydrogens is 266 g/mol. The van der Waals surface area contributed by atoms with Crippen molar-refractivity contribution in [2.24, 2.45) is 7.05 Å². The van der Waals surface area contributed by atoms with Gasteiger partial charge in [-0.15, -0.1) is 0 Å². The molecule has 2 aromatic heterocycles. The molecule has 0 saturated heterocycles. The molecule has 0 bridgehead atoms. The number of para-hydroxylation sites is 1. The van der Waals surface area contributed by atoms with Gasteiger partial charge in [0.1, 0.15) is 0 Å². The average molecular weight is 283 g/mol. The van der Waals surface area contributed by atoms with Crippen LogP contribution in [0.15, 0.2) is 24.3 Å². The second kappa shape index (κ2) is 5.05. The molecule has 0 radical (unpaired) electrons. The number of rotatable bonds is 3. The van der Waals surface area contributed by atoms with Crippen LogP contribution in [0.5, 0.6) is 0 Å². The van der Waals surface area contributed by atoms with Gasteiger partial charge in [-0.25, -0.2) is 0 Å². The number of hydrogen-bond acceptors (Lipinski definition) is 3. The molecule has 3 rings (SSSR count). The summed E-state index contributed by atoms with van der Waals surface area (Å²) in [5.74, 6) is 0.473. The largest absolute Gasteiger partial charge is 0.308 e. The summed E-state index contributed by atoms with van der Waals surface area (Å²) in [6.45, 7) is 3.88. The monoisotopic (exact) mass is 283 g/mol. The van der Waals surface area contributed by atoms with Gasteiger partial charge < -0.3 is 5.32 Å². The van der Waals surface area contributed by atoms with Crippen LogP contribution in [-0.2, 0) is 18.3 Å². The fourth-order valence-corrected chi connectivity index (χ4v) is 2.47. The summed E-state index contributed by atoms with van der Waals surface area (Å²) in [5.41, 5.74) is 3.77. The molecule has 2 heterocycles. The SMILES string of the molecule is Cc1nn(C)c(C)c1CC(=O)Nc1n[nH]c2ccccc12. The minimum absolute atomic E-state index is 0.0912. The normalized spacial score (nSPS) is 11.0. The Morgan fingerprint density at radius 3 is 2.81 bits per heavy atom. The molecule has 1 amide bonds. The van der Waals surface area contributed by atoms with Crippen LogP contribution in [0.25, 0.3) is 10.9 Å². The van der Waals surface area contributed by atoms with Crippen LogP contribution in [0, 0.1) is 13.8 Å². The summed E-state index contributed by atoms with van der Waals surface area (Å²) < 4.78 is 1.79. The van der Waals surface area contributed by atoms with Gasteiger partial charge in [-0.1, -0.05) is 12.1 Å². The number of aromatic nitrogens is 4. The molecule has 0 aliphatic heterocycles. The molecule has 1 aromatic carbocycles. The quantitative estimate of drug-likeness (QED) is 0.773. The molecule has 0 fully saturated rings. The zero-order valence-corrected chi connectivity index (χ0v) is 12.3. The number of nitrogens with one attached hydrogen (secondary N) is 2. The first-order chi connectivity index (χ1) is 10.1.